The Kier molecular flexibility index (Phi) is 4.66. The van der Waals surface area contributed by atoms with Crippen LogP contribution in [0.5, 0.6) is 0 Å². The van der Waals surface area contributed by atoms with E-state index in [0.717, 1.165) is 62.3 Å². The van der Waals surface area contributed by atoms with Gasteiger partial charge in [0.15, 0.2) is 0 Å². The molecule has 1 aromatic heterocycles. The van der Waals surface area contributed by atoms with E-state index in [2.05, 4.69) is 15.1 Å². The monoisotopic (exact) mass is 356 g/mol. The number of carbonyl (C=O) groups is 1. The van der Waals surface area contributed by atoms with Crippen LogP contribution < -0.4 is 4.90 Å². The lowest BCUT2D eigenvalue weighted by atomic mass is 9.95. The minimum atomic E-state index is -0.184. The number of carbonyl (C=O) groups excluding carboxylic acids is 1. The number of aryl methyl sites for hydroxylation is 1. The van der Waals surface area contributed by atoms with Crippen molar-refractivity contribution in [2.45, 2.75) is 32.6 Å². The van der Waals surface area contributed by atoms with Crippen molar-refractivity contribution in [3.05, 3.63) is 35.9 Å². The normalized spacial score (nSPS) is 18.8. The molecule has 0 spiro atoms. The number of rotatable bonds is 4. The quantitative estimate of drug-likeness (QED) is 0.914. The van der Waals surface area contributed by atoms with Gasteiger partial charge in [-0.05, 0) is 49.8 Å². The van der Waals surface area contributed by atoms with E-state index in [1.54, 1.807) is 12.3 Å². The number of hydrogen-bond acceptors (Lipinski definition) is 3. The van der Waals surface area contributed by atoms with Gasteiger partial charge >= 0.3 is 0 Å². The number of aromatic nitrogens is 2. The van der Waals surface area contributed by atoms with E-state index >= 15 is 0 Å². The Morgan fingerprint density at radius 3 is 2.69 bits per heavy atom. The first-order valence-electron chi connectivity index (χ1n) is 9.44. The Bertz CT molecular complexity index is 795. The standard InChI is InChI=1S/C20H25FN4O/c1-14-17(12-22-23-14)16-4-5-19(18(21)11-16)24-9-6-15(7-10-24)13-25-8-2-3-20(25)26/h4-5,11-12,15H,2-3,6-10,13H2,1H3,(H,22,23). The first-order chi connectivity index (χ1) is 12.6. The number of H-pyrrole nitrogens is 1. The maximum absolute atomic E-state index is 14.7. The van der Waals surface area contributed by atoms with Gasteiger partial charge in [-0.1, -0.05) is 6.07 Å². The largest absolute Gasteiger partial charge is 0.369 e. The van der Waals surface area contributed by atoms with E-state index in [1.165, 1.54) is 0 Å². The Hall–Kier alpha value is -2.37. The molecule has 138 valence electrons. The Balaban J connectivity index is 1.40. The summed E-state index contributed by atoms with van der Waals surface area (Å²) in [6.07, 6.45) is 5.43. The van der Waals surface area contributed by atoms with Crippen LogP contribution >= 0.6 is 0 Å². The molecular weight excluding hydrogens is 331 g/mol. The maximum atomic E-state index is 14.7. The molecule has 0 radical (unpaired) electrons. The van der Waals surface area contributed by atoms with Crippen molar-refractivity contribution in [1.29, 1.82) is 0 Å². The lowest BCUT2D eigenvalue weighted by molar-refractivity contribution is -0.128. The van der Waals surface area contributed by atoms with Crippen molar-refractivity contribution in [1.82, 2.24) is 15.1 Å². The topological polar surface area (TPSA) is 52.2 Å². The Labute approximate surface area is 153 Å². The molecule has 3 heterocycles. The number of amides is 1. The fourth-order valence-corrected chi connectivity index (χ4v) is 4.14. The van der Waals surface area contributed by atoms with Crippen LogP contribution in [-0.4, -0.2) is 47.2 Å². The van der Waals surface area contributed by atoms with Crippen LogP contribution in [-0.2, 0) is 4.79 Å². The minimum absolute atomic E-state index is 0.184. The molecule has 0 saturated carbocycles. The van der Waals surface area contributed by atoms with Crippen LogP contribution in [0, 0.1) is 18.7 Å². The number of nitrogens with one attached hydrogen (secondary N) is 1. The highest BCUT2D eigenvalue weighted by Crippen LogP contribution is 2.30. The molecule has 2 fully saturated rings. The molecule has 1 N–H and O–H groups in total. The van der Waals surface area contributed by atoms with Crippen LogP contribution in [0.3, 0.4) is 0 Å². The highest BCUT2D eigenvalue weighted by Gasteiger charge is 2.27. The van der Waals surface area contributed by atoms with Gasteiger partial charge in [0.2, 0.25) is 5.91 Å². The molecule has 0 bridgehead atoms. The van der Waals surface area contributed by atoms with E-state index in [9.17, 15) is 9.18 Å². The average Bonchev–Trinajstić information content (AvgIpc) is 3.24. The van der Waals surface area contributed by atoms with Crippen molar-refractivity contribution in [2.24, 2.45) is 5.92 Å². The van der Waals surface area contributed by atoms with Gasteiger partial charge < -0.3 is 9.80 Å². The smallest absolute Gasteiger partial charge is 0.222 e. The number of halogens is 1. The molecule has 5 nitrogen and oxygen atoms in total. The molecule has 0 atom stereocenters. The predicted molar refractivity (Wildman–Crippen MR) is 99.5 cm³/mol. The van der Waals surface area contributed by atoms with E-state index in [-0.39, 0.29) is 5.82 Å². The first-order valence-corrected chi connectivity index (χ1v) is 9.44. The molecule has 2 aliphatic heterocycles. The third-order valence-corrected chi connectivity index (χ3v) is 5.69. The molecule has 2 aromatic rings. The van der Waals surface area contributed by atoms with Gasteiger partial charge in [-0.25, -0.2) is 4.39 Å². The summed E-state index contributed by atoms with van der Waals surface area (Å²) < 4.78 is 14.7. The zero-order chi connectivity index (χ0) is 18.1. The van der Waals surface area contributed by atoms with Crippen LogP contribution in [0.2, 0.25) is 0 Å². The second kappa shape index (κ2) is 7.09. The average molecular weight is 356 g/mol. The van der Waals surface area contributed by atoms with Crippen LogP contribution in [0.1, 0.15) is 31.4 Å². The third-order valence-electron chi connectivity index (χ3n) is 5.69. The van der Waals surface area contributed by atoms with Gasteiger partial charge in [-0.3, -0.25) is 9.89 Å². The van der Waals surface area contributed by atoms with Crippen molar-refractivity contribution >= 4 is 11.6 Å². The lowest BCUT2D eigenvalue weighted by Crippen LogP contribution is -2.39. The second-order valence-electron chi connectivity index (χ2n) is 7.45. The second-order valence-corrected chi connectivity index (χ2v) is 7.45. The minimum Gasteiger partial charge on any atom is -0.369 e. The number of benzene rings is 1. The number of anilines is 1. The number of piperidine rings is 1. The van der Waals surface area contributed by atoms with Crippen LogP contribution in [0.15, 0.2) is 24.4 Å². The number of nitrogens with zero attached hydrogens (tertiary/aromatic N) is 3. The van der Waals surface area contributed by atoms with Crippen molar-refractivity contribution in [3.63, 3.8) is 0 Å². The van der Waals surface area contributed by atoms with Crippen LogP contribution in [0.4, 0.5) is 10.1 Å². The fourth-order valence-electron chi connectivity index (χ4n) is 4.14. The molecular formula is C20H25FN4O. The third kappa shape index (κ3) is 3.32. The number of likely N-dealkylation sites (tertiary alicyclic amines) is 1. The van der Waals surface area contributed by atoms with Crippen molar-refractivity contribution in [2.75, 3.05) is 31.1 Å². The first kappa shape index (κ1) is 17.1. The van der Waals surface area contributed by atoms with Gasteiger partial charge in [0.05, 0.1) is 11.9 Å². The summed E-state index contributed by atoms with van der Waals surface area (Å²) in [7, 11) is 0. The summed E-state index contributed by atoms with van der Waals surface area (Å²) in [4.78, 5) is 15.9. The van der Waals surface area contributed by atoms with E-state index in [4.69, 9.17) is 0 Å². The Morgan fingerprint density at radius 2 is 2.08 bits per heavy atom. The number of hydrogen-bond donors (Lipinski definition) is 1. The summed E-state index contributed by atoms with van der Waals surface area (Å²) in [5.74, 6) is 0.643. The lowest BCUT2D eigenvalue weighted by Gasteiger charge is -2.35. The van der Waals surface area contributed by atoms with Crippen LogP contribution in [0.25, 0.3) is 11.1 Å². The molecule has 2 aliphatic rings. The SMILES string of the molecule is Cc1[nH]ncc1-c1ccc(N2CCC(CN3CCCC3=O)CC2)c(F)c1. The summed E-state index contributed by atoms with van der Waals surface area (Å²) in [5, 5.41) is 6.90. The van der Waals surface area contributed by atoms with Gasteiger partial charge in [0, 0.05) is 43.9 Å². The zero-order valence-electron chi connectivity index (χ0n) is 15.2. The molecule has 1 aromatic carbocycles. The highest BCUT2D eigenvalue weighted by atomic mass is 19.1. The summed E-state index contributed by atoms with van der Waals surface area (Å²) in [5.41, 5.74) is 3.39. The fraction of sp³-hybridized carbons (Fsp3) is 0.500. The van der Waals surface area contributed by atoms with E-state index in [0.29, 0.717) is 23.9 Å². The van der Waals surface area contributed by atoms with E-state index < -0.39 is 0 Å². The molecule has 6 heteroatoms. The van der Waals surface area contributed by atoms with Crippen molar-refractivity contribution < 1.29 is 9.18 Å². The molecule has 0 aliphatic carbocycles. The van der Waals surface area contributed by atoms with Crippen molar-refractivity contribution in [3.8, 4) is 11.1 Å². The van der Waals surface area contributed by atoms with Gasteiger partial charge in [-0.15, -0.1) is 0 Å². The summed E-state index contributed by atoms with van der Waals surface area (Å²) in [6.45, 7) is 5.39. The molecule has 2 saturated heterocycles. The number of aromatic amines is 1. The summed E-state index contributed by atoms with van der Waals surface area (Å²) in [6, 6.07) is 5.44. The predicted octanol–water partition coefficient (Wildman–Crippen LogP) is 3.36. The van der Waals surface area contributed by atoms with Gasteiger partial charge in [0.25, 0.3) is 0 Å². The molecule has 4 rings (SSSR count). The van der Waals surface area contributed by atoms with Gasteiger partial charge in [-0.2, -0.15) is 5.10 Å². The van der Waals surface area contributed by atoms with E-state index in [1.807, 2.05) is 24.0 Å². The summed E-state index contributed by atoms with van der Waals surface area (Å²) >= 11 is 0. The zero-order valence-corrected chi connectivity index (χ0v) is 15.2. The maximum Gasteiger partial charge on any atom is 0.222 e. The molecule has 1 amide bonds. The Morgan fingerprint density at radius 1 is 1.27 bits per heavy atom. The molecule has 26 heavy (non-hydrogen) atoms. The molecule has 0 unspecified atom stereocenters. The van der Waals surface area contributed by atoms with Gasteiger partial charge in [0.1, 0.15) is 5.82 Å². The highest BCUT2D eigenvalue weighted by molar-refractivity contribution is 5.78.